The topological polar surface area (TPSA) is 60.2 Å². The monoisotopic (exact) mass is 272 g/mol. The van der Waals surface area contributed by atoms with E-state index in [1.165, 1.54) is 0 Å². The number of hydrogen-bond acceptors (Lipinski definition) is 4. The highest BCUT2D eigenvalue weighted by Gasteiger charge is 2.33. The van der Waals surface area contributed by atoms with Gasteiger partial charge in [-0.2, -0.15) is 0 Å². The Bertz CT molecular complexity index is 591. The van der Waals surface area contributed by atoms with E-state index in [0.717, 1.165) is 0 Å². The Kier molecular flexibility index (Phi) is 3.37. The predicted octanol–water partition coefficient (Wildman–Crippen LogP) is 1.37. The van der Waals surface area contributed by atoms with Crippen molar-refractivity contribution >= 4 is 5.91 Å². The molecule has 1 aromatic carbocycles. The van der Waals surface area contributed by atoms with Crippen LogP contribution in [0.15, 0.2) is 36.7 Å². The molecule has 0 radical (unpaired) electrons. The van der Waals surface area contributed by atoms with Gasteiger partial charge >= 0.3 is 0 Å². The summed E-state index contributed by atoms with van der Waals surface area (Å²) >= 11 is 0. The largest absolute Gasteiger partial charge is 0.493 e. The lowest BCUT2D eigenvalue weighted by molar-refractivity contribution is 0.0494. The number of rotatable bonds is 4. The van der Waals surface area contributed by atoms with E-state index in [4.69, 9.17) is 4.74 Å². The average Bonchev–Trinajstić information content (AvgIpc) is 2.92. The van der Waals surface area contributed by atoms with Gasteiger partial charge < -0.3 is 9.64 Å². The van der Waals surface area contributed by atoms with Crippen LogP contribution < -0.4 is 4.74 Å². The molecule has 3 rings (SSSR count). The third kappa shape index (κ3) is 2.24. The fourth-order valence-corrected chi connectivity index (χ4v) is 2.30. The minimum Gasteiger partial charge on any atom is -0.493 e. The first-order chi connectivity index (χ1) is 9.79. The molecule has 0 aliphatic carbocycles. The zero-order chi connectivity index (χ0) is 13.9. The molecular formula is C14H16N4O2. The Morgan fingerprint density at radius 1 is 1.40 bits per heavy atom. The summed E-state index contributed by atoms with van der Waals surface area (Å²) in [5.41, 5.74) is 0.617. The lowest BCUT2D eigenvalue weighted by Crippen LogP contribution is -2.51. The van der Waals surface area contributed by atoms with E-state index in [0.29, 0.717) is 31.0 Å². The minimum atomic E-state index is 0.00501. The molecular weight excluding hydrogens is 256 g/mol. The molecule has 6 nitrogen and oxygen atoms in total. The molecule has 1 aromatic heterocycles. The van der Waals surface area contributed by atoms with Crippen molar-refractivity contribution in [2.75, 3.05) is 19.7 Å². The van der Waals surface area contributed by atoms with E-state index in [9.17, 15) is 4.79 Å². The second kappa shape index (κ2) is 5.32. The van der Waals surface area contributed by atoms with E-state index < -0.39 is 0 Å². The van der Waals surface area contributed by atoms with Gasteiger partial charge in [0.15, 0.2) is 0 Å². The van der Waals surface area contributed by atoms with Crippen molar-refractivity contribution < 1.29 is 9.53 Å². The number of likely N-dealkylation sites (tertiary alicyclic amines) is 1. The normalized spacial score (nSPS) is 14.9. The first kappa shape index (κ1) is 12.7. The van der Waals surface area contributed by atoms with Gasteiger partial charge in [0.05, 0.1) is 24.4 Å². The summed E-state index contributed by atoms with van der Waals surface area (Å²) in [7, 11) is 0. The van der Waals surface area contributed by atoms with Crippen LogP contribution in [0.4, 0.5) is 0 Å². The highest BCUT2D eigenvalue weighted by Crippen LogP contribution is 2.26. The van der Waals surface area contributed by atoms with Crippen molar-refractivity contribution in [2.24, 2.45) is 0 Å². The van der Waals surface area contributed by atoms with Crippen LogP contribution in [0.25, 0.3) is 0 Å². The highest BCUT2D eigenvalue weighted by atomic mass is 16.5. The molecule has 0 N–H and O–H groups in total. The summed E-state index contributed by atoms with van der Waals surface area (Å²) in [5.74, 6) is 0.648. The molecule has 1 aliphatic rings. The SMILES string of the molecule is CCOc1ccccc1C(=O)N1CC(n2ccnn2)C1. The third-order valence-electron chi connectivity index (χ3n) is 3.38. The number of para-hydroxylation sites is 1. The van der Waals surface area contributed by atoms with E-state index in [1.54, 1.807) is 21.8 Å². The molecule has 1 fully saturated rings. The van der Waals surface area contributed by atoms with Gasteiger partial charge in [0, 0.05) is 19.3 Å². The van der Waals surface area contributed by atoms with Crippen LogP contribution in [-0.2, 0) is 0 Å². The first-order valence-electron chi connectivity index (χ1n) is 6.66. The van der Waals surface area contributed by atoms with Crippen LogP contribution in [0.2, 0.25) is 0 Å². The van der Waals surface area contributed by atoms with Crippen LogP contribution in [0.5, 0.6) is 5.75 Å². The van der Waals surface area contributed by atoms with Crippen LogP contribution in [-0.4, -0.2) is 45.5 Å². The van der Waals surface area contributed by atoms with Crippen molar-refractivity contribution in [3.8, 4) is 5.75 Å². The Morgan fingerprint density at radius 3 is 2.90 bits per heavy atom. The Hall–Kier alpha value is -2.37. The summed E-state index contributed by atoms with van der Waals surface area (Å²) in [4.78, 5) is 14.2. The average molecular weight is 272 g/mol. The molecule has 1 saturated heterocycles. The summed E-state index contributed by atoms with van der Waals surface area (Å²) < 4.78 is 7.29. The van der Waals surface area contributed by atoms with E-state index in [-0.39, 0.29) is 11.9 Å². The van der Waals surface area contributed by atoms with Gasteiger partial charge in [0.1, 0.15) is 5.75 Å². The maximum atomic E-state index is 12.4. The number of hydrogen-bond donors (Lipinski definition) is 0. The number of benzene rings is 1. The number of ether oxygens (including phenoxy) is 1. The van der Waals surface area contributed by atoms with Crippen LogP contribution >= 0.6 is 0 Å². The molecule has 6 heteroatoms. The second-order valence-electron chi connectivity index (χ2n) is 4.68. The Balaban J connectivity index is 1.69. The second-order valence-corrected chi connectivity index (χ2v) is 4.68. The molecule has 0 bridgehead atoms. The third-order valence-corrected chi connectivity index (χ3v) is 3.38. The fourth-order valence-electron chi connectivity index (χ4n) is 2.30. The van der Waals surface area contributed by atoms with Crippen molar-refractivity contribution in [2.45, 2.75) is 13.0 Å². The van der Waals surface area contributed by atoms with E-state index in [2.05, 4.69) is 10.3 Å². The first-order valence-corrected chi connectivity index (χ1v) is 6.66. The molecule has 1 amide bonds. The standard InChI is InChI=1S/C14H16N4O2/c1-2-20-13-6-4-3-5-12(13)14(19)17-9-11(10-17)18-8-7-15-16-18/h3-8,11H,2,9-10H2,1H3. The summed E-state index contributed by atoms with van der Waals surface area (Å²) in [6.07, 6.45) is 3.47. The fraction of sp³-hybridized carbons (Fsp3) is 0.357. The predicted molar refractivity (Wildman–Crippen MR) is 72.6 cm³/mol. The zero-order valence-corrected chi connectivity index (χ0v) is 11.3. The van der Waals surface area contributed by atoms with Crippen molar-refractivity contribution in [3.63, 3.8) is 0 Å². The van der Waals surface area contributed by atoms with Crippen molar-refractivity contribution in [3.05, 3.63) is 42.2 Å². The zero-order valence-electron chi connectivity index (χ0n) is 11.3. The maximum absolute atomic E-state index is 12.4. The molecule has 2 aromatic rings. The molecule has 2 heterocycles. The molecule has 0 unspecified atom stereocenters. The summed E-state index contributed by atoms with van der Waals surface area (Å²) in [6, 6.07) is 7.57. The smallest absolute Gasteiger partial charge is 0.257 e. The van der Waals surface area contributed by atoms with Crippen LogP contribution in [0.3, 0.4) is 0 Å². The Labute approximate surface area is 117 Å². The van der Waals surface area contributed by atoms with E-state index >= 15 is 0 Å². The maximum Gasteiger partial charge on any atom is 0.257 e. The van der Waals surface area contributed by atoms with Gasteiger partial charge in [-0.3, -0.25) is 4.79 Å². The molecule has 20 heavy (non-hydrogen) atoms. The van der Waals surface area contributed by atoms with Gasteiger partial charge in [-0.25, -0.2) is 4.68 Å². The molecule has 1 aliphatic heterocycles. The molecule has 0 atom stereocenters. The Morgan fingerprint density at radius 2 is 2.20 bits per heavy atom. The number of aromatic nitrogens is 3. The van der Waals surface area contributed by atoms with Gasteiger partial charge in [0.2, 0.25) is 0 Å². The lowest BCUT2D eigenvalue weighted by Gasteiger charge is -2.39. The van der Waals surface area contributed by atoms with Gasteiger partial charge in [-0.15, -0.1) is 5.10 Å². The van der Waals surface area contributed by atoms with Crippen molar-refractivity contribution in [1.29, 1.82) is 0 Å². The number of carbonyl (C=O) groups is 1. The lowest BCUT2D eigenvalue weighted by atomic mass is 10.1. The van der Waals surface area contributed by atoms with Crippen LogP contribution in [0.1, 0.15) is 23.3 Å². The summed E-state index contributed by atoms with van der Waals surface area (Å²) in [6.45, 7) is 3.77. The quantitative estimate of drug-likeness (QED) is 0.843. The summed E-state index contributed by atoms with van der Waals surface area (Å²) in [5, 5.41) is 7.74. The van der Waals surface area contributed by atoms with Gasteiger partial charge in [-0.05, 0) is 19.1 Å². The van der Waals surface area contributed by atoms with E-state index in [1.807, 2.05) is 31.3 Å². The number of nitrogens with zero attached hydrogens (tertiary/aromatic N) is 4. The number of carbonyl (C=O) groups excluding carboxylic acids is 1. The minimum absolute atomic E-state index is 0.00501. The van der Waals surface area contributed by atoms with Crippen molar-refractivity contribution in [1.82, 2.24) is 19.9 Å². The van der Waals surface area contributed by atoms with Crippen LogP contribution in [0, 0.1) is 0 Å². The molecule has 104 valence electrons. The number of amides is 1. The highest BCUT2D eigenvalue weighted by molar-refractivity contribution is 5.97. The molecule has 0 saturated carbocycles. The van der Waals surface area contributed by atoms with Gasteiger partial charge in [0.25, 0.3) is 5.91 Å². The van der Waals surface area contributed by atoms with Gasteiger partial charge in [-0.1, -0.05) is 17.3 Å². The molecule has 0 spiro atoms.